The first kappa shape index (κ1) is 23.1. The van der Waals surface area contributed by atoms with Gasteiger partial charge in [0.25, 0.3) is 18.9 Å². The Labute approximate surface area is 162 Å². The summed E-state index contributed by atoms with van der Waals surface area (Å²) in [5, 5.41) is 23.9. The number of carbonyl (C=O) groups excluding carboxylic acids is 1. The van der Waals surface area contributed by atoms with E-state index >= 15 is 0 Å². The van der Waals surface area contributed by atoms with E-state index in [1.54, 1.807) is 4.90 Å². The smallest absolute Gasteiger partial charge is 0.290 e. The van der Waals surface area contributed by atoms with Crippen molar-refractivity contribution in [3.63, 3.8) is 0 Å². The number of likely N-dealkylation sites (N-methyl/N-ethyl adjacent to an activating group) is 1. The van der Waals surface area contributed by atoms with Gasteiger partial charge in [0.05, 0.1) is 26.4 Å². The van der Waals surface area contributed by atoms with E-state index in [1.165, 1.54) is 19.4 Å². The quantitative estimate of drug-likeness (QED) is 0.561. The fraction of sp³-hybridized carbons (Fsp3) is 0.529. The van der Waals surface area contributed by atoms with Gasteiger partial charge in [-0.3, -0.25) is 19.3 Å². The largest absolute Gasteiger partial charge is 0.503 e. The summed E-state index contributed by atoms with van der Waals surface area (Å²) in [6.45, 7) is 2.87. The molecule has 1 amide bonds. The summed E-state index contributed by atoms with van der Waals surface area (Å²) < 4.78 is 10.7. The summed E-state index contributed by atoms with van der Waals surface area (Å²) in [6, 6.07) is 1.70. The number of hydrogen-bond donors (Lipinski definition) is 3. The zero-order valence-corrected chi connectivity index (χ0v) is 15.7. The normalized spacial score (nSPS) is 21.0. The number of amides is 1. The number of hydrogen-bond acceptors (Lipinski definition) is 8. The maximum Gasteiger partial charge on any atom is 0.290 e. The fourth-order valence-electron chi connectivity index (χ4n) is 3.12. The number of nitrogens with zero attached hydrogens (tertiary/aromatic N) is 3. The molecule has 156 valence electrons. The van der Waals surface area contributed by atoms with Crippen LogP contribution in [0.1, 0.15) is 10.5 Å². The van der Waals surface area contributed by atoms with Crippen molar-refractivity contribution in [2.24, 2.45) is 5.92 Å². The lowest BCUT2D eigenvalue weighted by atomic mass is 10.1. The van der Waals surface area contributed by atoms with Crippen molar-refractivity contribution >= 4 is 18.9 Å². The molecule has 2 aliphatic heterocycles. The second-order valence-electron chi connectivity index (χ2n) is 6.13. The van der Waals surface area contributed by atoms with Crippen LogP contribution < -0.4 is 4.74 Å². The third-order valence-electron chi connectivity index (χ3n) is 4.34. The number of methoxy groups -OCH3 is 1. The molecule has 0 spiro atoms. The van der Waals surface area contributed by atoms with Gasteiger partial charge >= 0.3 is 0 Å². The lowest BCUT2D eigenvalue weighted by Crippen LogP contribution is -2.45. The molecule has 3 N–H and O–H groups in total. The number of ether oxygens (including phenoxy) is 2. The fourth-order valence-corrected chi connectivity index (χ4v) is 3.12. The lowest BCUT2D eigenvalue weighted by molar-refractivity contribution is -0.123. The highest BCUT2D eigenvalue weighted by atomic mass is 16.5. The molecule has 0 aromatic carbocycles. The van der Waals surface area contributed by atoms with Crippen molar-refractivity contribution in [2.75, 3.05) is 47.0 Å². The van der Waals surface area contributed by atoms with Crippen molar-refractivity contribution in [2.45, 2.75) is 6.04 Å². The number of aromatic nitrogens is 1. The predicted molar refractivity (Wildman–Crippen MR) is 96.5 cm³/mol. The van der Waals surface area contributed by atoms with Crippen LogP contribution in [0.3, 0.4) is 0 Å². The minimum absolute atomic E-state index is 0.0443. The van der Waals surface area contributed by atoms with E-state index in [9.17, 15) is 9.90 Å². The van der Waals surface area contributed by atoms with Gasteiger partial charge < -0.3 is 29.7 Å². The van der Waals surface area contributed by atoms with Crippen LogP contribution in [0.15, 0.2) is 12.3 Å². The van der Waals surface area contributed by atoms with E-state index in [1.807, 2.05) is 0 Å². The lowest BCUT2D eigenvalue weighted by Gasteiger charge is -2.29. The molecule has 2 fully saturated rings. The highest BCUT2D eigenvalue weighted by molar-refractivity contribution is 5.95. The van der Waals surface area contributed by atoms with E-state index < -0.39 is 0 Å². The van der Waals surface area contributed by atoms with Gasteiger partial charge in [-0.05, 0) is 7.05 Å². The third-order valence-corrected chi connectivity index (χ3v) is 4.34. The summed E-state index contributed by atoms with van der Waals surface area (Å²) >= 11 is 0. The van der Waals surface area contributed by atoms with Crippen molar-refractivity contribution in [1.29, 1.82) is 0 Å². The zero-order chi connectivity index (χ0) is 21.1. The van der Waals surface area contributed by atoms with Crippen LogP contribution >= 0.6 is 0 Å². The summed E-state index contributed by atoms with van der Waals surface area (Å²) in [6.07, 6.45) is 1.47. The highest BCUT2D eigenvalue weighted by Crippen LogP contribution is 2.29. The molecule has 11 heteroatoms. The predicted octanol–water partition coefficient (Wildman–Crippen LogP) is -0.400. The first-order valence-corrected chi connectivity index (χ1v) is 8.38. The molecule has 0 unspecified atom stereocenters. The molecular weight excluding hydrogens is 374 g/mol. The first-order valence-electron chi connectivity index (χ1n) is 8.38. The van der Waals surface area contributed by atoms with Crippen LogP contribution in [0.2, 0.25) is 0 Å². The monoisotopic (exact) mass is 399 g/mol. The Morgan fingerprint density at radius 2 is 1.89 bits per heavy atom. The van der Waals surface area contributed by atoms with Crippen LogP contribution in [0, 0.1) is 5.92 Å². The van der Waals surface area contributed by atoms with E-state index in [2.05, 4.69) is 16.9 Å². The molecule has 3 heterocycles. The summed E-state index contributed by atoms with van der Waals surface area (Å²) in [4.78, 5) is 37.5. The van der Waals surface area contributed by atoms with E-state index in [0.717, 1.165) is 6.54 Å². The molecule has 2 atom stereocenters. The maximum absolute atomic E-state index is 12.8. The summed E-state index contributed by atoms with van der Waals surface area (Å²) in [7, 11) is 3.51. The van der Waals surface area contributed by atoms with Gasteiger partial charge in [0.15, 0.2) is 17.2 Å². The highest BCUT2D eigenvalue weighted by Gasteiger charge is 2.34. The molecule has 0 saturated carbocycles. The molecule has 0 aliphatic carbocycles. The number of pyridine rings is 1. The minimum Gasteiger partial charge on any atom is -0.503 e. The average molecular weight is 399 g/mol. The molecule has 11 nitrogen and oxygen atoms in total. The SMILES string of the molecule is COc1ccnc(C(=O)N2C[C@@H]3COC[C@H](C2)N(C)C3)c1O.O=CO.O=CO. The second kappa shape index (κ2) is 11.7. The summed E-state index contributed by atoms with van der Waals surface area (Å²) in [5.74, 6) is 0.0700. The van der Waals surface area contributed by atoms with E-state index in [-0.39, 0.29) is 48.0 Å². The maximum atomic E-state index is 12.8. The zero-order valence-electron chi connectivity index (χ0n) is 15.7. The molecule has 28 heavy (non-hydrogen) atoms. The molecule has 1 aromatic heterocycles. The first-order chi connectivity index (χ1) is 13.4. The average Bonchev–Trinajstić information content (AvgIpc) is 2.91. The molecule has 2 saturated heterocycles. The van der Waals surface area contributed by atoms with Crippen molar-refractivity contribution in [1.82, 2.24) is 14.8 Å². The molecule has 2 bridgehead atoms. The van der Waals surface area contributed by atoms with Crippen molar-refractivity contribution < 1.29 is 39.2 Å². The van der Waals surface area contributed by atoms with Crippen molar-refractivity contribution in [3.05, 3.63) is 18.0 Å². The van der Waals surface area contributed by atoms with E-state index in [4.69, 9.17) is 29.3 Å². The Kier molecular flexibility index (Phi) is 9.68. The third kappa shape index (κ3) is 6.06. The Hall–Kier alpha value is -2.92. The standard InChI is InChI=1S/C15H21N3O4.2CH2O2/c1-17-5-10-6-18(7-11(17)9-22-8-10)15(20)13-14(19)12(21-2)3-4-16-13;2*2-1-3/h3-4,10-11,19H,5-9H2,1-2H3;2*1H,(H,2,3)/t10-,11+;;/m1../s1. The molecule has 1 aromatic rings. The van der Waals surface area contributed by atoms with Gasteiger partial charge in [-0.1, -0.05) is 0 Å². The van der Waals surface area contributed by atoms with Gasteiger partial charge in [0.1, 0.15) is 0 Å². The van der Waals surface area contributed by atoms with Gasteiger partial charge in [-0.15, -0.1) is 0 Å². The molecule has 2 aliphatic rings. The van der Waals surface area contributed by atoms with Gasteiger partial charge in [0, 0.05) is 37.8 Å². The van der Waals surface area contributed by atoms with Gasteiger partial charge in [-0.25, -0.2) is 4.98 Å². The number of carbonyl (C=O) groups is 3. The van der Waals surface area contributed by atoms with Crippen LogP contribution in [-0.2, 0) is 14.3 Å². The van der Waals surface area contributed by atoms with Crippen LogP contribution in [0.25, 0.3) is 0 Å². The van der Waals surface area contributed by atoms with Crippen LogP contribution in [0.5, 0.6) is 11.5 Å². The minimum atomic E-state index is -0.261. The van der Waals surface area contributed by atoms with Gasteiger partial charge in [-0.2, -0.15) is 0 Å². The van der Waals surface area contributed by atoms with Gasteiger partial charge in [0.2, 0.25) is 0 Å². The van der Waals surface area contributed by atoms with Crippen LogP contribution in [0.4, 0.5) is 0 Å². The number of fused-ring (bicyclic) bond motifs is 3. The van der Waals surface area contributed by atoms with E-state index in [0.29, 0.717) is 26.3 Å². The Morgan fingerprint density at radius 3 is 2.50 bits per heavy atom. The number of aromatic hydroxyl groups is 1. The molecular formula is C17H25N3O8. The Bertz CT molecular complexity index is 651. The van der Waals surface area contributed by atoms with Crippen molar-refractivity contribution in [3.8, 4) is 11.5 Å². The molecule has 3 rings (SSSR count). The molecule has 0 radical (unpaired) electrons. The Morgan fingerprint density at radius 1 is 1.25 bits per heavy atom. The number of rotatable bonds is 2. The Balaban J connectivity index is 0.000000582. The summed E-state index contributed by atoms with van der Waals surface area (Å²) in [5.41, 5.74) is 0.0443. The number of carboxylic acid groups (broad SMARTS) is 2. The topological polar surface area (TPSA) is 150 Å². The van der Waals surface area contributed by atoms with Crippen LogP contribution in [-0.4, -0.2) is 102 Å². The second-order valence-corrected chi connectivity index (χ2v) is 6.13.